The molecule has 2 amide bonds. The first-order valence-electron chi connectivity index (χ1n) is 14.2. The smallest absolute Gasteiger partial charge is 0.249 e. The number of amides is 2. The average Bonchev–Trinajstić information content (AvgIpc) is 3.49. The van der Waals surface area contributed by atoms with E-state index >= 15 is 0 Å². The fourth-order valence-electron chi connectivity index (χ4n) is 7.01. The van der Waals surface area contributed by atoms with Crippen molar-refractivity contribution < 1.29 is 23.9 Å². The number of Topliss-reactive ketones (excluding diaryl/α,β-unsaturated/α-hetero) is 1. The molecule has 4 aliphatic rings. The minimum atomic E-state index is -0.636. The second-order valence-electron chi connectivity index (χ2n) is 11.6. The molecule has 9 heteroatoms. The molecule has 1 saturated carbocycles. The Balaban J connectivity index is 1.51. The van der Waals surface area contributed by atoms with Crippen LogP contribution in [0.5, 0.6) is 0 Å². The van der Waals surface area contributed by atoms with Crippen LogP contribution in [0.15, 0.2) is 18.2 Å². The van der Waals surface area contributed by atoms with Gasteiger partial charge in [0.1, 0.15) is 24.9 Å². The van der Waals surface area contributed by atoms with E-state index in [1.54, 1.807) is 18.1 Å². The van der Waals surface area contributed by atoms with E-state index in [1.807, 2.05) is 12.1 Å². The van der Waals surface area contributed by atoms with Crippen LogP contribution in [0.4, 0.5) is 5.69 Å². The number of anilines is 1. The van der Waals surface area contributed by atoms with Gasteiger partial charge in [-0.1, -0.05) is 19.3 Å². The Morgan fingerprint density at radius 2 is 1.79 bits per heavy atom. The summed E-state index contributed by atoms with van der Waals surface area (Å²) in [6.07, 6.45) is 4.27. The second kappa shape index (κ2) is 11.3. The van der Waals surface area contributed by atoms with Crippen LogP contribution in [0.25, 0.3) is 0 Å². The highest BCUT2D eigenvalue weighted by Crippen LogP contribution is 2.42. The maximum Gasteiger partial charge on any atom is 0.249 e. The van der Waals surface area contributed by atoms with Gasteiger partial charge < -0.3 is 25.0 Å². The van der Waals surface area contributed by atoms with Gasteiger partial charge in [0.25, 0.3) is 0 Å². The van der Waals surface area contributed by atoms with Crippen LogP contribution in [0.2, 0.25) is 0 Å². The predicted molar refractivity (Wildman–Crippen MR) is 144 cm³/mol. The van der Waals surface area contributed by atoms with E-state index in [1.165, 1.54) is 0 Å². The molecule has 2 N–H and O–H groups in total. The first-order chi connectivity index (χ1) is 18.3. The van der Waals surface area contributed by atoms with Crippen LogP contribution < -0.4 is 10.6 Å². The lowest BCUT2D eigenvalue weighted by Crippen LogP contribution is -2.49. The molecule has 208 valence electrons. The van der Waals surface area contributed by atoms with Gasteiger partial charge in [0.05, 0.1) is 12.5 Å². The van der Waals surface area contributed by atoms with Gasteiger partial charge in [-0.3, -0.25) is 19.3 Å². The number of nitrogens with zero attached hydrogens (tertiary/aromatic N) is 3. The van der Waals surface area contributed by atoms with E-state index in [4.69, 9.17) is 15.2 Å². The van der Waals surface area contributed by atoms with Gasteiger partial charge in [-0.15, -0.1) is 0 Å². The highest BCUT2D eigenvalue weighted by molar-refractivity contribution is 5.99. The molecule has 0 bridgehead atoms. The average molecular weight is 527 g/mol. The zero-order valence-electron chi connectivity index (χ0n) is 22.9. The highest BCUT2D eigenvalue weighted by atomic mass is 16.5. The normalized spacial score (nSPS) is 27.7. The number of primary amides is 1. The number of piperazine rings is 1. The van der Waals surface area contributed by atoms with Crippen molar-refractivity contribution in [3.63, 3.8) is 0 Å². The Morgan fingerprint density at radius 3 is 2.42 bits per heavy atom. The Bertz CT molecular complexity index is 1050. The summed E-state index contributed by atoms with van der Waals surface area (Å²) in [5.41, 5.74) is 7.99. The number of hydrogen-bond donors (Lipinski definition) is 1. The Labute approximate surface area is 225 Å². The van der Waals surface area contributed by atoms with Crippen LogP contribution in [0, 0.1) is 5.92 Å². The summed E-state index contributed by atoms with van der Waals surface area (Å²) >= 11 is 0. The van der Waals surface area contributed by atoms with Crippen molar-refractivity contribution in [2.24, 2.45) is 11.7 Å². The van der Waals surface area contributed by atoms with Crippen molar-refractivity contribution in [2.75, 3.05) is 51.3 Å². The highest BCUT2D eigenvalue weighted by Gasteiger charge is 2.54. The summed E-state index contributed by atoms with van der Waals surface area (Å²) in [6.45, 7) is 8.43. The third-order valence-electron chi connectivity index (χ3n) is 9.16. The molecule has 3 saturated heterocycles. The molecule has 5 rings (SSSR count). The molecule has 0 radical (unpaired) electrons. The molecule has 1 aromatic carbocycles. The van der Waals surface area contributed by atoms with Crippen LogP contribution in [-0.4, -0.2) is 98.1 Å². The van der Waals surface area contributed by atoms with E-state index in [0.29, 0.717) is 23.7 Å². The number of carbonyl (C=O) groups excluding carboxylic acids is 3. The van der Waals surface area contributed by atoms with E-state index in [-0.39, 0.29) is 30.3 Å². The summed E-state index contributed by atoms with van der Waals surface area (Å²) in [5, 5.41) is 0. The number of hydrogen-bond acceptors (Lipinski definition) is 7. The predicted octanol–water partition coefficient (Wildman–Crippen LogP) is 2.17. The minimum absolute atomic E-state index is 0.00254. The first kappa shape index (κ1) is 27.1. The van der Waals surface area contributed by atoms with Crippen LogP contribution >= 0.6 is 0 Å². The molecular formula is C29H42N4O5. The summed E-state index contributed by atoms with van der Waals surface area (Å²) in [4.78, 5) is 46.4. The number of ketones is 1. The quantitative estimate of drug-likeness (QED) is 0.581. The maximum absolute atomic E-state index is 14.5. The zero-order chi connectivity index (χ0) is 27.0. The molecule has 3 heterocycles. The lowest BCUT2D eigenvalue weighted by Gasteiger charge is -2.39. The first-order valence-corrected chi connectivity index (χ1v) is 14.2. The lowest BCUT2D eigenvalue weighted by atomic mass is 9.74. The van der Waals surface area contributed by atoms with Gasteiger partial charge in [-0.25, -0.2) is 0 Å². The Hall–Kier alpha value is -2.49. The van der Waals surface area contributed by atoms with Crippen molar-refractivity contribution in [3.8, 4) is 0 Å². The van der Waals surface area contributed by atoms with E-state index in [0.717, 1.165) is 64.0 Å². The number of rotatable bonds is 7. The number of fused-ring (bicyclic) bond motifs is 1. The van der Waals surface area contributed by atoms with Gasteiger partial charge in [0.2, 0.25) is 11.8 Å². The maximum atomic E-state index is 14.5. The van der Waals surface area contributed by atoms with Gasteiger partial charge in [0.15, 0.2) is 5.78 Å². The number of nitrogens with two attached hydrogens (primary N) is 1. The molecule has 4 atom stereocenters. The van der Waals surface area contributed by atoms with E-state index < -0.39 is 24.0 Å². The van der Waals surface area contributed by atoms with E-state index in [9.17, 15) is 14.4 Å². The summed E-state index contributed by atoms with van der Waals surface area (Å²) in [7, 11) is 1.59. The number of benzene rings is 1. The Morgan fingerprint density at radius 1 is 1.08 bits per heavy atom. The van der Waals surface area contributed by atoms with Crippen molar-refractivity contribution in [3.05, 3.63) is 29.3 Å². The second-order valence-corrected chi connectivity index (χ2v) is 11.6. The molecule has 9 nitrogen and oxygen atoms in total. The SMILES string of the molecule is CO[C@H]1CN(C(=O)[C@H](c2cc(N3CCN(C(C)C)CC3)ccc2C(N)=O)C2CCCCC2)[C@@H]2C(=O)CO[C@H]12. The lowest BCUT2D eigenvalue weighted by molar-refractivity contribution is -0.139. The minimum Gasteiger partial charge on any atom is -0.377 e. The molecule has 0 aromatic heterocycles. The molecule has 1 aliphatic carbocycles. The summed E-state index contributed by atoms with van der Waals surface area (Å²) in [5.74, 6) is -1.19. The van der Waals surface area contributed by atoms with Crippen molar-refractivity contribution in [2.45, 2.75) is 76.2 Å². The molecule has 38 heavy (non-hydrogen) atoms. The van der Waals surface area contributed by atoms with E-state index in [2.05, 4.69) is 23.6 Å². The number of methoxy groups -OCH3 is 1. The van der Waals surface area contributed by atoms with Crippen molar-refractivity contribution in [1.82, 2.24) is 9.80 Å². The largest absolute Gasteiger partial charge is 0.377 e. The number of carbonyl (C=O) groups is 3. The van der Waals surface area contributed by atoms with Crippen LogP contribution in [0.3, 0.4) is 0 Å². The van der Waals surface area contributed by atoms with Crippen LogP contribution in [-0.2, 0) is 19.1 Å². The molecule has 0 unspecified atom stereocenters. The molecule has 0 spiro atoms. The van der Waals surface area contributed by atoms with Gasteiger partial charge in [-0.05, 0) is 56.4 Å². The zero-order valence-corrected chi connectivity index (χ0v) is 22.9. The summed E-state index contributed by atoms with van der Waals surface area (Å²) in [6, 6.07) is 5.64. The van der Waals surface area contributed by atoms with Crippen LogP contribution in [0.1, 0.15) is 67.8 Å². The third-order valence-corrected chi connectivity index (χ3v) is 9.16. The van der Waals surface area contributed by atoms with Crippen molar-refractivity contribution >= 4 is 23.3 Å². The fourth-order valence-corrected chi connectivity index (χ4v) is 7.01. The standard InChI is InChI=1S/C29H42N4O5/c1-18(2)31-11-13-32(14-12-31)20-9-10-21(28(30)35)22(15-20)25(19-7-5-4-6-8-19)29(36)33-16-24(37-3)27-26(33)23(34)17-38-27/h9-10,15,18-19,24-27H,4-8,11-14,16-17H2,1-3H3,(H2,30,35)/t24-,25-,26+,27+/m0/s1. The number of ether oxygens (including phenoxy) is 2. The summed E-state index contributed by atoms with van der Waals surface area (Å²) < 4.78 is 11.4. The molecular weight excluding hydrogens is 484 g/mol. The molecule has 1 aromatic rings. The number of likely N-dealkylation sites (tertiary alicyclic amines) is 1. The van der Waals surface area contributed by atoms with Gasteiger partial charge >= 0.3 is 0 Å². The van der Waals surface area contributed by atoms with Gasteiger partial charge in [0, 0.05) is 50.6 Å². The molecule has 4 fully saturated rings. The molecule has 3 aliphatic heterocycles. The monoisotopic (exact) mass is 526 g/mol. The Kier molecular flexibility index (Phi) is 8.07. The van der Waals surface area contributed by atoms with Crippen molar-refractivity contribution in [1.29, 1.82) is 0 Å². The van der Waals surface area contributed by atoms with Gasteiger partial charge in [-0.2, -0.15) is 0 Å². The third kappa shape index (κ3) is 5.08. The fraction of sp³-hybridized carbons (Fsp3) is 0.690. The topological polar surface area (TPSA) is 105 Å².